The van der Waals surface area contributed by atoms with E-state index in [1.807, 2.05) is 6.07 Å². The Morgan fingerprint density at radius 3 is 2.45 bits per heavy atom. The van der Waals surface area contributed by atoms with Crippen LogP contribution in [0.2, 0.25) is 0 Å². The summed E-state index contributed by atoms with van der Waals surface area (Å²) in [5.74, 6) is 1.18. The van der Waals surface area contributed by atoms with Gasteiger partial charge in [-0.3, -0.25) is 4.79 Å². The zero-order chi connectivity index (χ0) is 20.6. The number of carbonyl (C=O) groups excluding carboxylic acids is 1. The van der Waals surface area contributed by atoms with Crippen molar-refractivity contribution in [3.05, 3.63) is 65.1 Å². The van der Waals surface area contributed by atoms with Crippen LogP contribution in [0.5, 0.6) is 5.75 Å². The Morgan fingerprint density at radius 1 is 1.07 bits per heavy atom. The molecule has 0 atom stereocenters. The minimum absolute atomic E-state index is 0.275. The highest BCUT2D eigenvalue weighted by molar-refractivity contribution is 8.36. The molecule has 4 rings (SSSR count). The van der Waals surface area contributed by atoms with Gasteiger partial charge >= 0.3 is 6.18 Å². The summed E-state index contributed by atoms with van der Waals surface area (Å²) in [5, 5.41) is 2.38. The molecule has 0 aliphatic carbocycles. The van der Waals surface area contributed by atoms with Gasteiger partial charge < -0.3 is 9.64 Å². The number of fused-ring (bicyclic) bond motifs is 2. The van der Waals surface area contributed by atoms with Gasteiger partial charge in [0.15, 0.2) is 6.61 Å². The summed E-state index contributed by atoms with van der Waals surface area (Å²) in [5.41, 5.74) is 1.73. The lowest BCUT2D eigenvalue weighted by molar-refractivity contribution is -0.141. The molecule has 0 unspecified atom stereocenters. The molecule has 2 aliphatic heterocycles. The van der Waals surface area contributed by atoms with Crippen LogP contribution in [-0.2, 0) is 11.0 Å². The minimum atomic E-state index is -4.51. The predicted octanol–water partition coefficient (Wildman–Crippen LogP) is 5.16. The topological polar surface area (TPSA) is 29.5 Å². The number of hydrogen-bond acceptors (Lipinski definition) is 2. The average Bonchev–Trinajstić information content (AvgIpc) is 2.98. The molecule has 2 aromatic rings. The fourth-order valence-corrected chi connectivity index (χ4v) is 7.94. The quantitative estimate of drug-likeness (QED) is 0.685. The second-order valence-corrected chi connectivity index (χ2v) is 10.7. The lowest BCUT2D eigenvalue weighted by Gasteiger charge is -2.43. The van der Waals surface area contributed by atoms with Crippen LogP contribution in [0, 0.1) is 0 Å². The maximum Gasteiger partial charge on any atom is 0.419 e. The number of halogens is 3. The van der Waals surface area contributed by atoms with E-state index in [1.165, 1.54) is 34.2 Å². The SMILES string of the molecule is CC1=CS2(CCN(C(=O)COc3ccccc3C(F)(F)F)CC2)c2ccccc21. The summed E-state index contributed by atoms with van der Waals surface area (Å²) >= 11 is 0. The molecule has 1 spiro atoms. The number of rotatable bonds is 3. The summed E-state index contributed by atoms with van der Waals surface area (Å²) in [4.78, 5) is 15.7. The monoisotopic (exact) mass is 421 g/mol. The van der Waals surface area contributed by atoms with Crippen molar-refractivity contribution in [2.45, 2.75) is 18.0 Å². The first-order chi connectivity index (χ1) is 13.8. The minimum Gasteiger partial charge on any atom is -0.483 e. The number of hydrogen-bond donors (Lipinski definition) is 0. The molecule has 0 bridgehead atoms. The predicted molar refractivity (Wildman–Crippen MR) is 109 cm³/mol. The van der Waals surface area contributed by atoms with Gasteiger partial charge in [0, 0.05) is 29.5 Å². The van der Waals surface area contributed by atoms with Crippen LogP contribution in [0.1, 0.15) is 18.1 Å². The molecule has 0 aromatic heterocycles. The second kappa shape index (κ2) is 7.44. The first kappa shape index (κ1) is 19.9. The molecule has 154 valence electrons. The highest BCUT2D eigenvalue weighted by Crippen LogP contribution is 2.65. The number of alkyl halides is 3. The van der Waals surface area contributed by atoms with Crippen molar-refractivity contribution < 1.29 is 22.7 Å². The van der Waals surface area contributed by atoms with Crippen molar-refractivity contribution in [3.8, 4) is 5.75 Å². The highest BCUT2D eigenvalue weighted by atomic mass is 32.3. The smallest absolute Gasteiger partial charge is 0.419 e. The van der Waals surface area contributed by atoms with Crippen molar-refractivity contribution in [1.82, 2.24) is 4.90 Å². The fraction of sp³-hybridized carbons (Fsp3) is 0.318. The Bertz CT molecular complexity index is 963. The summed E-state index contributed by atoms with van der Waals surface area (Å²) in [7, 11) is -1.08. The van der Waals surface area contributed by atoms with Gasteiger partial charge in [0.2, 0.25) is 0 Å². The average molecular weight is 421 g/mol. The Hall–Kier alpha value is -2.41. The molecule has 1 fully saturated rings. The molecule has 1 amide bonds. The Kier molecular flexibility index (Phi) is 5.11. The third-order valence-electron chi connectivity index (χ3n) is 5.50. The number of para-hydroxylation sites is 1. The molecular weight excluding hydrogens is 399 g/mol. The molecule has 29 heavy (non-hydrogen) atoms. The summed E-state index contributed by atoms with van der Waals surface area (Å²) < 4.78 is 44.5. The van der Waals surface area contributed by atoms with E-state index in [1.54, 1.807) is 4.90 Å². The third kappa shape index (κ3) is 3.75. The van der Waals surface area contributed by atoms with E-state index in [0.29, 0.717) is 13.1 Å². The van der Waals surface area contributed by atoms with Crippen molar-refractivity contribution in [2.24, 2.45) is 0 Å². The van der Waals surface area contributed by atoms with Crippen LogP contribution in [0.25, 0.3) is 5.57 Å². The van der Waals surface area contributed by atoms with Gasteiger partial charge in [-0.1, -0.05) is 30.3 Å². The van der Waals surface area contributed by atoms with Gasteiger partial charge in [-0.2, -0.15) is 23.2 Å². The van der Waals surface area contributed by atoms with Crippen LogP contribution in [-0.4, -0.2) is 42.0 Å². The summed E-state index contributed by atoms with van der Waals surface area (Å²) in [6.45, 7) is 2.93. The number of nitrogens with zero attached hydrogens (tertiary/aromatic N) is 1. The lowest BCUT2D eigenvalue weighted by Crippen LogP contribution is -2.43. The molecule has 1 saturated heterocycles. The number of allylic oxidation sites excluding steroid dienone is 1. The van der Waals surface area contributed by atoms with Crippen LogP contribution in [0.4, 0.5) is 13.2 Å². The fourth-order valence-electron chi connectivity index (χ4n) is 4.02. The van der Waals surface area contributed by atoms with E-state index in [0.717, 1.165) is 17.6 Å². The largest absolute Gasteiger partial charge is 0.483 e. The van der Waals surface area contributed by atoms with Crippen molar-refractivity contribution in [3.63, 3.8) is 0 Å². The van der Waals surface area contributed by atoms with E-state index < -0.39 is 21.8 Å². The van der Waals surface area contributed by atoms with Gasteiger partial charge in [-0.15, -0.1) is 0 Å². The van der Waals surface area contributed by atoms with Crippen LogP contribution < -0.4 is 4.74 Å². The van der Waals surface area contributed by atoms with Gasteiger partial charge in [0.1, 0.15) is 5.75 Å². The van der Waals surface area contributed by atoms with Gasteiger partial charge in [0.05, 0.1) is 5.56 Å². The Morgan fingerprint density at radius 2 is 1.72 bits per heavy atom. The number of carbonyl (C=O) groups is 1. The molecule has 3 nitrogen and oxygen atoms in total. The van der Waals surface area contributed by atoms with E-state index >= 15 is 0 Å². The van der Waals surface area contributed by atoms with E-state index in [-0.39, 0.29) is 18.3 Å². The molecule has 0 N–H and O–H groups in total. The van der Waals surface area contributed by atoms with E-state index in [4.69, 9.17) is 4.74 Å². The van der Waals surface area contributed by atoms with E-state index in [9.17, 15) is 18.0 Å². The summed E-state index contributed by atoms with van der Waals surface area (Å²) in [6.07, 6.45) is -4.51. The first-order valence-corrected chi connectivity index (χ1v) is 11.5. The normalized spacial score (nSPS) is 18.9. The standard InChI is InChI=1S/C22H22F3NO2S/c1-16-15-29(20-9-5-2-6-17(16)20)12-10-26(11-13-29)21(27)14-28-19-8-4-3-7-18(19)22(23,24)25/h2-9,15H,10-14H2,1H3. The van der Waals surface area contributed by atoms with Gasteiger partial charge in [-0.05, 0) is 41.7 Å². The van der Waals surface area contributed by atoms with Crippen molar-refractivity contribution >= 4 is 21.5 Å². The molecule has 2 aromatic carbocycles. The maximum atomic E-state index is 13.1. The van der Waals surface area contributed by atoms with Crippen LogP contribution in [0.15, 0.2) is 58.8 Å². The molecule has 7 heteroatoms. The zero-order valence-corrected chi connectivity index (χ0v) is 16.9. The molecule has 0 saturated carbocycles. The van der Waals surface area contributed by atoms with Crippen molar-refractivity contribution in [1.29, 1.82) is 0 Å². The van der Waals surface area contributed by atoms with Crippen LogP contribution in [0.3, 0.4) is 0 Å². The maximum absolute atomic E-state index is 13.1. The highest BCUT2D eigenvalue weighted by Gasteiger charge is 2.37. The van der Waals surface area contributed by atoms with Crippen molar-refractivity contribution in [2.75, 3.05) is 31.2 Å². The third-order valence-corrected chi connectivity index (χ3v) is 9.36. The van der Waals surface area contributed by atoms with Crippen LogP contribution >= 0.6 is 10.0 Å². The molecular formula is C22H22F3NO2S. The van der Waals surface area contributed by atoms with Gasteiger partial charge in [-0.25, -0.2) is 0 Å². The summed E-state index contributed by atoms with van der Waals surface area (Å²) in [6, 6.07) is 13.4. The second-order valence-electron chi connectivity index (χ2n) is 7.31. The lowest BCUT2D eigenvalue weighted by atomic mass is 10.1. The number of benzene rings is 2. The van der Waals surface area contributed by atoms with Gasteiger partial charge in [0.25, 0.3) is 5.91 Å². The number of ether oxygens (including phenoxy) is 1. The van der Waals surface area contributed by atoms with E-state index in [2.05, 4.69) is 30.5 Å². The zero-order valence-electron chi connectivity index (χ0n) is 16.0. The first-order valence-electron chi connectivity index (χ1n) is 9.43. The molecule has 2 aliphatic rings. The number of amides is 1. The Labute approximate surface area is 169 Å². The Balaban J connectivity index is 1.40. The molecule has 0 radical (unpaired) electrons. The molecule has 2 heterocycles.